The lowest BCUT2D eigenvalue weighted by atomic mass is 9.90. The third kappa shape index (κ3) is 32.8. The molecule has 0 saturated carbocycles. The van der Waals surface area contributed by atoms with Gasteiger partial charge in [-0.3, -0.25) is 28.8 Å². The van der Waals surface area contributed by atoms with Gasteiger partial charge in [-0.25, -0.2) is 0 Å². The van der Waals surface area contributed by atoms with E-state index < -0.39 is 140 Å². The number of hydrogen-bond acceptors (Lipinski definition) is 28. The van der Waals surface area contributed by atoms with E-state index in [4.69, 9.17) is 62.6 Å². The van der Waals surface area contributed by atoms with Gasteiger partial charge in [-0.05, 0) is 38.5 Å². The van der Waals surface area contributed by atoms with Crippen LogP contribution in [0.3, 0.4) is 0 Å². The van der Waals surface area contributed by atoms with Crippen LogP contribution >= 0.6 is 0 Å². The molecule has 15 atom stereocenters. The summed E-state index contributed by atoms with van der Waals surface area (Å²) in [6.45, 7) is 5.38. The fourth-order valence-corrected chi connectivity index (χ4v) is 10.0. The largest absolute Gasteiger partial charge is 0.499 e. The van der Waals surface area contributed by atoms with E-state index in [2.05, 4.69) is 31.9 Å². The van der Waals surface area contributed by atoms with E-state index in [1.807, 2.05) is 0 Å². The highest BCUT2D eigenvalue weighted by molar-refractivity contribution is 5.87. The molecule has 0 aliphatic carbocycles. The Morgan fingerprint density at radius 3 is 1.04 bits per heavy atom. The highest BCUT2D eigenvalue weighted by Crippen LogP contribution is 2.27. The summed E-state index contributed by atoms with van der Waals surface area (Å²) in [7, 11) is 0. The zero-order valence-electron chi connectivity index (χ0n) is 53.2. The van der Waals surface area contributed by atoms with Gasteiger partial charge in [-0.2, -0.15) is 0 Å². The van der Waals surface area contributed by atoms with Gasteiger partial charge in [0.25, 0.3) is 0 Å². The van der Waals surface area contributed by atoms with Crippen molar-refractivity contribution in [1.82, 2.24) is 31.9 Å². The van der Waals surface area contributed by atoms with Gasteiger partial charge >= 0.3 is 0 Å². The van der Waals surface area contributed by atoms with Crippen molar-refractivity contribution < 1.29 is 132 Å². The molecule has 6 amide bonds. The molecule has 3 heterocycles. The summed E-state index contributed by atoms with van der Waals surface area (Å²) in [5, 5.41) is 107. The zero-order chi connectivity index (χ0) is 67.7. The fourth-order valence-electron chi connectivity index (χ4n) is 10.0. The van der Waals surface area contributed by atoms with Crippen LogP contribution in [0.4, 0.5) is 0 Å². The Morgan fingerprint density at radius 1 is 0.413 bits per heavy atom. The maximum absolute atomic E-state index is 12.6. The topological polar surface area (TPSA) is 493 Å². The molecule has 0 bridgehead atoms. The van der Waals surface area contributed by atoms with Crippen LogP contribution in [-0.2, 0) is 85.6 Å². The van der Waals surface area contributed by atoms with Crippen molar-refractivity contribution in [3.05, 3.63) is 12.3 Å². The normalized spacial score (nSPS) is 26.7. The molecule has 3 saturated heterocycles. The number of aliphatic hydroxyl groups excluding tert-OH is 9. The molecule has 3 aliphatic rings. The van der Waals surface area contributed by atoms with Crippen LogP contribution in [0.25, 0.3) is 0 Å². The van der Waals surface area contributed by atoms with E-state index in [9.17, 15) is 74.7 Å². The highest BCUT2D eigenvalue weighted by Gasteiger charge is 2.47. The summed E-state index contributed by atoms with van der Waals surface area (Å²) in [4.78, 5) is 72.7. The Hall–Kier alpha value is -4.48. The predicted molar refractivity (Wildman–Crippen MR) is 321 cm³/mol. The van der Waals surface area contributed by atoms with E-state index in [0.717, 1.165) is 12.3 Å². The van der Waals surface area contributed by atoms with E-state index in [1.165, 1.54) is 20.8 Å². The third-order valence-electron chi connectivity index (χ3n) is 14.7. The summed E-state index contributed by atoms with van der Waals surface area (Å²) < 4.78 is 67.8. The van der Waals surface area contributed by atoms with Crippen molar-refractivity contribution in [2.24, 2.45) is 5.73 Å². The minimum atomic E-state index is -1.36. The Bertz CT molecular complexity index is 2010. The molecule has 0 spiro atoms. The molecule has 0 aromatic heterocycles. The molecule has 0 aromatic carbocycles. The summed E-state index contributed by atoms with van der Waals surface area (Å²) in [6, 6.07) is -2.57. The standard InChI is InChI=1S/C58H105N7O27/c1-37(69)63-49-40(90-43(31-66)52(75)55(49)78)7-4-16-81-25-28-84-22-13-60-46(72)10-19-87-34-58(59,35-88-20-11-47(73)61-14-23-85-29-26-82-17-5-8-41-50(64-38(2)70)56(79)53(76)44(32-67)91-41)36-89-21-12-48(74)62-15-24-86-30-27-83-18-6-9-42-51(65-39(3)71)57(80)54(77)45(33-68)92-42/h10,19,40-45,49-57,66-68,75-80H,4-9,11-18,20-36,59H2,1-3H3,(H,60,72)(H,61,73)(H,62,74)(H,63,69)(H,64,70)(H,65,71)/t40-,41-,42-,43-,44-,45-,49+,50+,51+,52+,53+,54+,55-,56-,57-/m1/s1. The van der Waals surface area contributed by atoms with Gasteiger partial charge in [0.05, 0.1) is 154 Å². The molecule has 0 aromatic rings. The Balaban J connectivity index is 1.33. The number of rotatable bonds is 50. The Labute approximate surface area is 536 Å². The summed E-state index contributed by atoms with van der Waals surface area (Å²) >= 11 is 0. The minimum Gasteiger partial charge on any atom is -0.499 e. The molecule has 3 fully saturated rings. The van der Waals surface area contributed by atoms with Crippen LogP contribution in [0.1, 0.15) is 72.1 Å². The Kier molecular flexibility index (Phi) is 42.1. The van der Waals surface area contributed by atoms with Gasteiger partial charge < -0.3 is 140 Å². The SMILES string of the molecule is CC(=O)N[C@@H]1[C@@H](O)[C@@H](O)[C@@H](CO)O[C@@H]1CCCOCCOCCNC(=O)C=COCC(N)(COCCC(=O)NCCOCCOCCC[C@H]1O[C@H](CO)[C@H](O)[C@H](O)[C@H]1NC(C)=O)COCCC(=O)NCCOCCOCCC[C@H]1O[C@H](CO)[C@H](O)[C@H](O)[C@H]1NC(C)=O. The average molecular weight is 1330 g/mol. The van der Waals surface area contributed by atoms with Crippen LogP contribution in [0.2, 0.25) is 0 Å². The lowest BCUT2D eigenvalue weighted by molar-refractivity contribution is -0.197. The minimum absolute atomic E-state index is 0.0202. The van der Waals surface area contributed by atoms with Gasteiger partial charge in [0.2, 0.25) is 35.4 Å². The first-order valence-electron chi connectivity index (χ1n) is 31.3. The molecule has 3 rings (SSSR count). The average Bonchev–Trinajstić information content (AvgIpc) is 0.945. The van der Waals surface area contributed by atoms with Gasteiger partial charge in [0.1, 0.15) is 61.5 Å². The highest BCUT2D eigenvalue weighted by atomic mass is 16.6. The maximum Gasteiger partial charge on any atom is 0.247 e. The molecule has 3 aliphatic heterocycles. The fraction of sp³-hybridized carbons (Fsp3) is 0.862. The first-order valence-corrected chi connectivity index (χ1v) is 31.3. The predicted octanol–water partition coefficient (Wildman–Crippen LogP) is -7.23. The van der Waals surface area contributed by atoms with Crippen molar-refractivity contribution in [3.8, 4) is 0 Å². The quantitative estimate of drug-likeness (QED) is 0.0153. The van der Waals surface area contributed by atoms with Crippen molar-refractivity contribution in [1.29, 1.82) is 0 Å². The summed E-state index contributed by atoms with van der Waals surface area (Å²) in [5.74, 6) is -2.33. The molecule has 92 heavy (non-hydrogen) atoms. The second kappa shape index (κ2) is 47.4. The Morgan fingerprint density at radius 2 is 0.728 bits per heavy atom. The van der Waals surface area contributed by atoms with Crippen molar-refractivity contribution in [2.45, 2.75) is 169 Å². The van der Waals surface area contributed by atoms with E-state index in [0.29, 0.717) is 58.3 Å². The number of nitrogens with two attached hydrogens (primary N) is 1. The van der Waals surface area contributed by atoms with Crippen LogP contribution < -0.4 is 37.6 Å². The van der Waals surface area contributed by atoms with E-state index in [1.54, 1.807) is 0 Å². The van der Waals surface area contributed by atoms with E-state index in [-0.39, 0.29) is 137 Å². The number of carbonyl (C=O) groups excluding carboxylic acids is 6. The van der Waals surface area contributed by atoms with E-state index >= 15 is 0 Å². The summed E-state index contributed by atoms with van der Waals surface area (Å²) in [6.07, 6.45) is -8.09. The second-order valence-electron chi connectivity index (χ2n) is 22.5. The number of carbonyl (C=O) groups is 6. The van der Waals surface area contributed by atoms with Crippen molar-refractivity contribution in [3.63, 3.8) is 0 Å². The molecular weight excluding hydrogens is 1230 g/mol. The second-order valence-corrected chi connectivity index (χ2v) is 22.5. The molecule has 0 unspecified atom stereocenters. The van der Waals surface area contributed by atoms with Crippen molar-refractivity contribution >= 4 is 35.4 Å². The van der Waals surface area contributed by atoms with Crippen LogP contribution in [0.5, 0.6) is 0 Å². The van der Waals surface area contributed by atoms with Crippen LogP contribution in [0, 0.1) is 0 Å². The lowest BCUT2D eigenvalue weighted by Gasteiger charge is -2.42. The molecular formula is C58H105N7O27. The van der Waals surface area contributed by atoms with Gasteiger partial charge in [-0.1, -0.05) is 0 Å². The molecule has 17 N–H and O–H groups in total. The number of nitrogens with one attached hydrogen (secondary N) is 6. The number of hydrogen-bond donors (Lipinski definition) is 16. The molecule has 34 nitrogen and oxygen atoms in total. The third-order valence-corrected chi connectivity index (χ3v) is 14.7. The van der Waals surface area contributed by atoms with Crippen LogP contribution in [-0.4, -0.2) is 330 Å². The van der Waals surface area contributed by atoms with Gasteiger partial charge in [-0.15, -0.1) is 0 Å². The first-order chi connectivity index (χ1) is 44.1. The number of ether oxygens (including phenoxy) is 12. The van der Waals surface area contributed by atoms with Crippen LogP contribution in [0.15, 0.2) is 12.3 Å². The molecule has 0 radical (unpaired) electrons. The monoisotopic (exact) mass is 1330 g/mol. The maximum atomic E-state index is 12.6. The number of aliphatic hydroxyl groups is 9. The zero-order valence-corrected chi connectivity index (χ0v) is 53.2. The van der Waals surface area contributed by atoms with Gasteiger partial charge in [0, 0.05) is 79.1 Å². The van der Waals surface area contributed by atoms with Crippen molar-refractivity contribution in [2.75, 3.05) is 152 Å². The smallest absolute Gasteiger partial charge is 0.247 e. The van der Waals surface area contributed by atoms with Gasteiger partial charge in [0.15, 0.2) is 0 Å². The molecule has 534 valence electrons. The summed E-state index contributed by atoms with van der Waals surface area (Å²) in [5.41, 5.74) is 5.34. The molecule has 34 heteroatoms. The lowest BCUT2D eigenvalue weighted by Crippen LogP contribution is -2.63. The number of amides is 6. The first kappa shape index (κ1) is 81.8.